The summed E-state index contributed by atoms with van der Waals surface area (Å²) in [5, 5.41) is 33.3. The third-order valence-electron chi connectivity index (χ3n) is 11.9. The van der Waals surface area contributed by atoms with Crippen molar-refractivity contribution in [1.29, 1.82) is 0 Å². The molecule has 3 aromatic heterocycles. The predicted molar refractivity (Wildman–Crippen MR) is 225 cm³/mol. The minimum absolute atomic E-state index is 0.237. The van der Waals surface area contributed by atoms with Crippen LogP contribution in [0.5, 0.6) is 0 Å². The number of nitrogens with two attached hydrogens (primary N) is 1. The van der Waals surface area contributed by atoms with E-state index in [0.29, 0.717) is 65.0 Å². The lowest BCUT2D eigenvalue weighted by Gasteiger charge is -2.30. The molecule has 57 heavy (non-hydrogen) atoms. The van der Waals surface area contributed by atoms with Gasteiger partial charge in [0, 0.05) is 61.3 Å². The largest absolute Gasteiger partial charge is 0.396 e. The molecule has 0 spiro atoms. The summed E-state index contributed by atoms with van der Waals surface area (Å²) in [5.41, 5.74) is 9.08. The summed E-state index contributed by atoms with van der Waals surface area (Å²) in [6, 6.07) is 8.89. The van der Waals surface area contributed by atoms with Gasteiger partial charge in [0.15, 0.2) is 11.5 Å². The summed E-state index contributed by atoms with van der Waals surface area (Å²) >= 11 is 6.20. The highest BCUT2D eigenvalue weighted by molar-refractivity contribution is 6.30. The molecule has 4 aliphatic rings. The molecule has 2 saturated carbocycles. The van der Waals surface area contributed by atoms with E-state index < -0.39 is 0 Å². The molecule has 310 valence electrons. The number of nitrogen functional groups attached to an aromatic ring is 1. The number of aliphatic hydroxyl groups excluding tert-OH is 2. The fourth-order valence-corrected chi connectivity index (χ4v) is 8.75. The average molecular weight is 806 g/mol. The van der Waals surface area contributed by atoms with E-state index in [-0.39, 0.29) is 24.9 Å². The second-order valence-corrected chi connectivity index (χ2v) is 16.8. The van der Waals surface area contributed by atoms with Crippen molar-refractivity contribution in [3.63, 3.8) is 0 Å². The Morgan fingerprint density at radius 3 is 1.98 bits per heavy atom. The highest BCUT2D eigenvalue weighted by Gasteiger charge is 2.28. The lowest BCUT2D eigenvalue weighted by Crippen LogP contribution is -2.33. The molecule has 8 N–H and O–H groups in total. The number of halogens is 1. The molecule has 0 bridgehead atoms. The molecule has 4 fully saturated rings. The topological polar surface area (TPSA) is 202 Å². The summed E-state index contributed by atoms with van der Waals surface area (Å²) in [5.74, 6) is 3.52. The zero-order chi connectivity index (χ0) is 39.7. The van der Waals surface area contributed by atoms with Crippen molar-refractivity contribution in [2.45, 2.75) is 127 Å². The number of nitrogens with one attached hydrogen (secondary N) is 4. The fourth-order valence-electron chi connectivity index (χ4n) is 8.56. The van der Waals surface area contributed by atoms with Gasteiger partial charge in [0.05, 0.1) is 30.3 Å². The molecule has 2 aliphatic carbocycles. The maximum absolute atomic E-state index is 9.58. The standard InChI is InChI=1S/C24H31ClN6O2.C17H29N5O2/c1-15-11-19(9-10-33-15)27-23-26-13-21-22(30-23)31(20-7-5-16(14-32)6-8-20)24(29-21)28-18-4-2-3-17(25)12-18;1-11-8-14(6-7-24-11)21-17-19-9-15(18)16(22-17)20-13-4-2-12(10-23)3-5-13/h2-4,12-13,15-16,19-20,32H,5-11,14H2,1H3,(H,28,29)(H,26,27,30);9,11-14,23H,2-8,10,18H2,1H3,(H2,19,20,21,22)/t15-,16?,19-,20?;11-,12?,13?,14-/m00/s1. The summed E-state index contributed by atoms with van der Waals surface area (Å²) < 4.78 is 13.5. The molecule has 2 saturated heterocycles. The van der Waals surface area contributed by atoms with Crippen molar-refractivity contribution < 1.29 is 19.7 Å². The first kappa shape index (κ1) is 41.2. The first-order chi connectivity index (χ1) is 27.7. The van der Waals surface area contributed by atoms with Crippen molar-refractivity contribution in [2.24, 2.45) is 11.8 Å². The van der Waals surface area contributed by atoms with E-state index in [1.165, 1.54) is 0 Å². The van der Waals surface area contributed by atoms with Crippen molar-refractivity contribution in [2.75, 3.05) is 53.4 Å². The van der Waals surface area contributed by atoms with Gasteiger partial charge < -0.3 is 46.7 Å². The van der Waals surface area contributed by atoms with Gasteiger partial charge in [-0.2, -0.15) is 9.97 Å². The third-order valence-corrected chi connectivity index (χ3v) is 12.1. The highest BCUT2D eigenvalue weighted by atomic mass is 35.5. The van der Waals surface area contributed by atoms with Crippen molar-refractivity contribution in [3.8, 4) is 0 Å². The Kier molecular flexibility index (Phi) is 14.2. The van der Waals surface area contributed by atoms with Gasteiger partial charge in [0.1, 0.15) is 5.52 Å². The predicted octanol–water partition coefficient (Wildman–Crippen LogP) is 6.93. The van der Waals surface area contributed by atoms with Gasteiger partial charge in [0.2, 0.25) is 17.8 Å². The van der Waals surface area contributed by atoms with Crippen LogP contribution in [0.25, 0.3) is 11.2 Å². The summed E-state index contributed by atoms with van der Waals surface area (Å²) in [6.07, 6.45) is 15.9. The van der Waals surface area contributed by atoms with Crippen molar-refractivity contribution in [1.82, 2.24) is 29.5 Å². The van der Waals surface area contributed by atoms with E-state index in [2.05, 4.69) is 54.6 Å². The minimum Gasteiger partial charge on any atom is -0.396 e. The average Bonchev–Trinajstić information content (AvgIpc) is 3.56. The normalized spacial score (nSPS) is 27.9. The molecule has 1 aromatic carbocycles. The molecular weight excluding hydrogens is 746 g/mol. The van der Waals surface area contributed by atoms with Crippen LogP contribution in [0.15, 0.2) is 36.7 Å². The number of anilines is 6. The van der Waals surface area contributed by atoms with Crippen LogP contribution in [-0.4, -0.2) is 96.5 Å². The first-order valence-corrected chi connectivity index (χ1v) is 21.2. The quantitative estimate of drug-likeness (QED) is 0.0823. The zero-order valence-electron chi connectivity index (χ0n) is 33.2. The van der Waals surface area contributed by atoms with Gasteiger partial charge >= 0.3 is 0 Å². The molecule has 15 nitrogen and oxygen atoms in total. The molecule has 5 heterocycles. The Hall–Kier alpha value is -4.02. The molecule has 8 rings (SSSR count). The van der Waals surface area contributed by atoms with Crippen LogP contribution < -0.4 is 27.0 Å². The van der Waals surface area contributed by atoms with Crippen LogP contribution in [-0.2, 0) is 9.47 Å². The summed E-state index contributed by atoms with van der Waals surface area (Å²) in [6.45, 7) is 6.26. The number of hydrogen-bond acceptors (Lipinski definition) is 14. The van der Waals surface area contributed by atoms with Gasteiger partial charge in [-0.25, -0.2) is 15.0 Å². The van der Waals surface area contributed by atoms with Gasteiger partial charge in [-0.05, 0) is 121 Å². The molecule has 2 aliphatic heterocycles. The number of nitrogens with zero attached hydrogens (tertiary/aromatic N) is 6. The van der Waals surface area contributed by atoms with Crippen LogP contribution in [0.4, 0.5) is 35.0 Å². The van der Waals surface area contributed by atoms with Gasteiger partial charge in [-0.15, -0.1) is 0 Å². The van der Waals surface area contributed by atoms with Gasteiger partial charge in [0.25, 0.3) is 0 Å². The number of benzene rings is 1. The number of hydrogen-bond donors (Lipinski definition) is 7. The SMILES string of the molecule is C[C@H]1C[C@@H](Nc2ncc(N)c(NC3CCC(CO)CC3)n2)CCO1.C[C@H]1C[C@@H](Nc2ncc3nc(Nc4cccc(Cl)c4)n(C4CCC(CO)CC4)c3n2)CCO1. The van der Waals surface area contributed by atoms with Crippen LogP contribution >= 0.6 is 11.6 Å². The van der Waals surface area contributed by atoms with E-state index in [9.17, 15) is 10.2 Å². The maximum atomic E-state index is 9.58. The first-order valence-electron chi connectivity index (χ1n) is 20.9. The van der Waals surface area contributed by atoms with Crippen LogP contribution in [0.1, 0.15) is 96.9 Å². The van der Waals surface area contributed by atoms with Gasteiger partial charge in [-0.3, -0.25) is 4.57 Å². The Balaban J connectivity index is 0.000000183. The molecule has 4 atom stereocenters. The Labute approximate surface area is 340 Å². The Morgan fingerprint density at radius 1 is 0.754 bits per heavy atom. The molecule has 16 heteroatoms. The molecular formula is C41H60ClN11O4. The van der Waals surface area contributed by atoms with E-state index in [1.54, 1.807) is 12.4 Å². The number of aliphatic hydroxyl groups is 2. The van der Waals surface area contributed by atoms with E-state index in [1.807, 2.05) is 24.3 Å². The number of ether oxygens (including phenoxy) is 2. The van der Waals surface area contributed by atoms with Crippen molar-refractivity contribution in [3.05, 3.63) is 41.7 Å². The van der Waals surface area contributed by atoms with Crippen LogP contribution in [0.2, 0.25) is 5.02 Å². The molecule has 0 radical (unpaired) electrons. The Morgan fingerprint density at radius 2 is 1.37 bits per heavy atom. The summed E-state index contributed by atoms with van der Waals surface area (Å²) in [4.78, 5) is 23.2. The lowest BCUT2D eigenvalue weighted by atomic mass is 9.86. The van der Waals surface area contributed by atoms with Gasteiger partial charge in [-0.1, -0.05) is 17.7 Å². The van der Waals surface area contributed by atoms with Crippen molar-refractivity contribution >= 4 is 57.8 Å². The van der Waals surface area contributed by atoms with E-state index in [4.69, 9.17) is 36.8 Å². The zero-order valence-corrected chi connectivity index (χ0v) is 34.0. The smallest absolute Gasteiger partial charge is 0.224 e. The fraction of sp³-hybridized carbons (Fsp3) is 0.634. The Bertz CT molecular complexity index is 1880. The lowest BCUT2D eigenvalue weighted by molar-refractivity contribution is 0.0229. The number of imidazole rings is 1. The molecule has 4 aromatic rings. The minimum atomic E-state index is 0.237. The maximum Gasteiger partial charge on any atom is 0.224 e. The van der Waals surface area contributed by atoms with Crippen LogP contribution in [0.3, 0.4) is 0 Å². The molecule has 0 unspecified atom stereocenters. The number of fused-ring (bicyclic) bond motifs is 1. The second-order valence-electron chi connectivity index (χ2n) is 16.3. The van der Waals surface area contributed by atoms with E-state index in [0.717, 1.165) is 113 Å². The van der Waals surface area contributed by atoms with Crippen LogP contribution in [0, 0.1) is 11.8 Å². The number of rotatable bonds is 11. The summed E-state index contributed by atoms with van der Waals surface area (Å²) in [7, 11) is 0. The number of aromatic nitrogens is 6. The monoisotopic (exact) mass is 805 g/mol. The second kappa shape index (κ2) is 19.6. The highest BCUT2D eigenvalue weighted by Crippen LogP contribution is 2.37. The van der Waals surface area contributed by atoms with E-state index >= 15 is 0 Å². The molecule has 0 amide bonds. The third kappa shape index (κ3) is 11.1.